The van der Waals surface area contributed by atoms with E-state index in [4.69, 9.17) is 4.74 Å². The molecule has 3 rings (SSSR count). The van der Waals surface area contributed by atoms with Gasteiger partial charge < -0.3 is 14.6 Å². The quantitative estimate of drug-likeness (QED) is 0.904. The standard InChI is InChI=1S/C14H20N4O/c1-17-5-7-18(8-6-17)10-14-15-12-4-3-11(19-2)9-13(12)16-14/h3-4,9H,5-8,10H2,1-2H3,(H,15,16). The van der Waals surface area contributed by atoms with E-state index in [2.05, 4.69) is 26.8 Å². The first-order valence-corrected chi connectivity index (χ1v) is 6.68. The van der Waals surface area contributed by atoms with Crippen molar-refractivity contribution < 1.29 is 4.74 Å². The maximum atomic E-state index is 5.23. The third-order valence-electron chi connectivity index (χ3n) is 3.71. The van der Waals surface area contributed by atoms with Gasteiger partial charge in [0.1, 0.15) is 11.6 Å². The highest BCUT2D eigenvalue weighted by Gasteiger charge is 2.15. The second-order valence-corrected chi connectivity index (χ2v) is 5.15. The van der Waals surface area contributed by atoms with Gasteiger partial charge in [0.15, 0.2) is 0 Å². The number of H-pyrrole nitrogens is 1. The van der Waals surface area contributed by atoms with Crippen LogP contribution in [0.2, 0.25) is 0 Å². The van der Waals surface area contributed by atoms with E-state index in [0.717, 1.165) is 55.3 Å². The number of nitrogens with zero attached hydrogens (tertiary/aromatic N) is 3. The zero-order chi connectivity index (χ0) is 13.2. The van der Waals surface area contributed by atoms with Crippen molar-refractivity contribution in [3.05, 3.63) is 24.0 Å². The number of imidazole rings is 1. The fraction of sp³-hybridized carbons (Fsp3) is 0.500. The molecule has 1 aromatic heterocycles. The molecule has 0 spiro atoms. The zero-order valence-electron chi connectivity index (χ0n) is 11.5. The highest BCUT2D eigenvalue weighted by Crippen LogP contribution is 2.19. The Kier molecular flexibility index (Phi) is 3.40. The summed E-state index contributed by atoms with van der Waals surface area (Å²) < 4.78 is 5.23. The second kappa shape index (κ2) is 5.19. The van der Waals surface area contributed by atoms with Crippen LogP contribution in [0.1, 0.15) is 5.82 Å². The van der Waals surface area contributed by atoms with E-state index in [1.807, 2.05) is 18.2 Å². The van der Waals surface area contributed by atoms with Gasteiger partial charge in [-0.25, -0.2) is 4.98 Å². The number of likely N-dealkylation sites (N-methyl/N-ethyl adjacent to an activating group) is 1. The molecule has 1 aliphatic heterocycles. The van der Waals surface area contributed by atoms with Crippen molar-refractivity contribution in [1.82, 2.24) is 19.8 Å². The van der Waals surface area contributed by atoms with Crippen LogP contribution in [0.25, 0.3) is 11.0 Å². The van der Waals surface area contributed by atoms with Gasteiger partial charge in [-0.05, 0) is 19.2 Å². The van der Waals surface area contributed by atoms with E-state index in [1.54, 1.807) is 7.11 Å². The molecule has 0 atom stereocenters. The number of aromatic nitrogens is 2. The molecular formula is C14H20N4O. The zero-order valence-corrected chi connectivity index (χ0v) is 11.5. The number of hydrogen-bond acceptors (Lipinski definition) is 4. The molecule has 2 aromatic rings. The van der Waals surface area contributed by atoms with Crippen molar-refractivity contribution in [2.24, 2.45) is 0 Å². The molecule has 1 saturated heterocycles. The van der Waals surface area contributed by atoms with Crippen molar-refractivity contribution in [2.45, 2.75) is 6.54 Å². The van der Waals surface area contributed by atoms with Gasteiger partial charge in [0.2, 0.25) is 0 Å². The smallest absolute Gasteiger partial charge is 0.121 e. The topological polar surface area (TPSA) is 44.4 Å². The lowest BCUT2D eigenvalue weighted by atomic mass is 10.3. The first kappa shape index (κ1) is 12.4. The lowest BCUT2D eigenvalue weighted by molar-refractivity contribution is 0.146. The van der Waals surface area contributed by atoms with Gasteiger partial charge in [0, 0.05) is 32.2 Å². The SMILES string of the molecule is COc1ccc2nc(CN3CCN(C)CC3)[nH]c2c1. The molecule has 0 radical (unpaired) electrons. The summed E-state index contributed by atoms with van der Waals surface area (Å²) in [5, 5.41) is 0. The molecule has 0 unspecified atom stereocenters. The largest absolute Gasteiger partial charge is 0.497 e. The van der Waals surface area contributed by atoms with Crippen LogP contribution >= 0.6 is 0 Å². The molecule has 0 amide bonds. The van der Waals surface area contributed by atoms with Crippen molar-refractivity contribution in [3.8, 4) is 5.75 Å². The number of benzene rings is 1. The van der Waals surface area contributed by atoms with E-state index in [1.165, 1.54) is 0 Å². The van der Waals surface area contributed by atoms with Gasteiger partial charge in [-0.2, -0.15) is 0 Å². The van der Waals surface area contributed by atoms with Gasteiger partial charge in [-0.3, -0.25) is 4.90 Å². The van der Waals surface area contributed by atoms with E-state index >= 15 is 0 Å². The first-order valence-electron chi connectivity index (χ1n) is 6.68. The maximum absolute atomic E-state index is 5.23. The Hall–Kier alpha value is -1.59. The minimum atomic E-state index is 0.863. The molecule has 5 nitrogen and oxygen atoms in total. The van der Waals surface area contributed by atoms with Crippen LogP contribution in [0.3, 0.4) is 0 Å². The van der Waals surface area contributed by atoms with Gasteiger partial charge >= 0.3 is 0 Å². The van der Waals surface area contributed by atoms with Crippen LogP contribution in [0.15, 0.2) is 18.2 Å². The molecule has 1 aromatic carbocycles. The van der Waals surface area contributed by atoms with Crippen LogP contribution in [0.5, 0.6) is 5.75 Å². The summed E-state index contributed by atoms with van der Waals surface area (Å²) in [5.41, 5.74) is 2.05. The van der Waals surface area contributed by atoms with Crippen molar-refractivity contribution >= 4 is 11.0 Å². The number of nitrogens with one attached hydrogen (secondary N) is 1. The fourth-order valence-electron chi connectivity index (χ4n) is 2.46. The summed E-state index contributed by atoms with van der Waals surface area (Å²) in [6.07, 6.45) is 0. The molecule has 1 N–H and O–H groups in total. The normalized spacial score (nSPS) is 18.0. The van der Waals surface area contributed by atoms with Crippen molar-refractivity contribution in [3.63, 3.8) is 0 Å². The van der Waals surface area contributed by atoms with E-state index < -0.39 is 0 Å². The number of ether oxygens (including phenoxy) is 1. The fourth-order valence-corrected chi connectivity index (χ4v) is 2.46. The molecule has 102 valence electrons. The minimum Gasteiger partial charge on any atom is -0.497 e. The Balaban J connectivity index is 1.74. The molecule has 0 saturated carbocycles. The maximum Gasteiger partial charge on any atom is 0.121 e. The third-order valence-corrected chi connectivity index (χ3v) is 3.71. The van der Waals surface area contributed by atoms with Gasteiger partial charge in [-0.1, -0.05) is 0 Å². The van der Waals surface area contributed by atoms with Crippen molar-refractivity contribution in [2.75, 3.05) is 40.3 Å². The predicted molar refractivity (Wildman–Crippen MR) is 75.4 cm³/mol. The molecule has 5 heteroatoms. The lowest BCUT2D eigenvalue weighted by Crippen LogP contribution is -2.44. The van der Waals surface area contributed by atoms with Crippen LogP contribution in [0, 0.1) is 0 Å². The lowest BCUT2D eigenvalue weighted by Gasteiger charge is -2.31. The van der Waals surface area contributed by atoms with Gasteiger partial charge in [-0.15, -0.1) is 0 Å². The first-order chi connectivity index (χ1) is 9.24. The van der Waals surface area contributed by atoms with Crippen LogP contribution < -0.4 is 4.74 Å². The highest BCUT2D eigenvalue weighted by atomic mass is 16.5. The molecule has 2 heterocycles. The Morgan fingerprint density at radius 1 is 1.26 bits per heavy atom. The monoisotopic (exact) mass is 260 g/mol. The van der Waals surface area contributed by atoms with Gasteiger partial charge in [0.05, 0.1) is 24.7 Å². The number of hydrogen-bond donors (Lipinski definition) is 1. The molecule has 19 heavy (non-hydrogen) atoms. The summed E-state index contributed by atoms with van der Waals surface area (Å²) in [7, 11) is 3.85. The van der Waals surface area contributed by atoms with E-state index in [-0.39, 0.29) is 0 Å². The molecular weight excluding hydrogens is 240 g/mol. The molecule has 0 aliphatic carbocycles. The number of aromatic amines is 1. The number of rotatable bonds is 3. The highest BCUT2D eigenvalue weighted by molar-refractivity contribution is 5.76. The number of piperazine rings is 1. The molecule has 1 aliphatic rings. The van der Waals surface area contributed by atoms with E-state index in [0.29, 0.717) is 0 Å². The Morgan fingerprint density at radius 3 is 2.79 bits per heavy atom. The van der Waals surface area contributed by atoms with Crippen LogP contribution in [0.4, 0.5) is 0 Å². The summed E-state index contributed by atoms with van der Waals surface area (Å²) in [6.45, 7) is 5.38. The molecule has 1 fully saturated rings. The van der Waals surface area contributed by atoms with Crippen molar-refractivity contribution in [1.29, 1.82) is 0 Å². The average molecular weight is 260 g/mol. The summed E-state index contributed by atoms with van der Waals surface area (Å²) in [5.74, 6) is 1.90. The van der Waals surface area contributed by atoms with Gasteiger partial charge in [0.25, 0.3) is 0 Å². The Morgan fingerprint density at radius 2 is 2.05 bits per heavy atom. The molecule has 0 bridgehead atoms. The summed E-state index contributed by atoms with van der Waals surface area (Å²) in [6, 6.07) is 5.94. The number of fused-ring (bicyclic) bond motifs is 1. The number of methoxy groups -OCH3 is 1. The Bertz CT molecular complexity index is 558. The Labute approximate surface area is 113 Å². The second-order valence-electron chi connectivity index (χ2n) is 5.15. The summed E-state index contributed by atoms with van der Waals surface area (Å²) >= 11 is 0. The summed E-state index contributed by atoms with van der Waals surface area (Å²) in [4.78, 5) is 12.8. The van der Waals surface area contributed by atoms with Crippen LogP contribution in [-0.4, -0.2) is 60.1 Å². The van der Waals surface area contributed by atoms with Crippen LogP contribution in [-0.2, 0) is 6.54 Å². The predicted octanol–water partition coefficient (Wildman–Crippen LogP) is 1.32. The van der Waals surface area contributed by atoms with E-state index in [9.17, 15) is 0 Å². The third kappa shape index (κ3) is 2.72. The minimum absolute atomic E-state index is 0.863. The average Bonchev–Trinajstić information content (AvgIpc) is 2.82.